The van der Waals surface area contributed by atoms with E-state index in [1.54, 1.807) is 0 Å². The molecule has 0 radical (unpaired) electrons. The van der Waals surface area contributed by atoms with Crippen molar-refractivity contribution in [3.8, 4) is 5.75 Å². The van der Waals surface area contributed by atoms with Crippen LogP contribution in [0.25, 0.3) is 0 Å². The van der Waals surface area contributed by atoms with Crippen LogP contribution in [0.4, 0.5) is 10.2 Å². The summed E-state index contributed by atoms with van der Waals surface area (Å²) in [5, 5.41) is 0. The maximum atomic E-state index is 12.9. The molecule has 0 fully saturated rings. The monoisotopic (exact) mass is 407 g/mol. The van der Waals surface area contributed by atoms with E-state index in [-0.39, 0.29) is 18.1 Å². The zero-order chi connectivity index (χ0) is 21.7. The average molecular weight is 407 g/mol. The van der Waals surface area contributed by atoms with Crippen LogP contribution < -0.4 is 21.7 Å². The number of aromatic nitrogens is 2. The van der Waals surface area contributed by atoms with Crippen LogP contribution in [-0.4, -0.2) is 33.6 Å². The Morgan fingerprint density at radius 3 is 2.41 bits per heavy atom. The number of ketones is 1. The Balaban J connectivity index is 2.12. The van der Waals surface area contributed by atoms with Crippen LogP contribution in [0, 0.1) is 5.82 Å². The van der Waals surface area contributed by atoms with Gasteiger partial charge < -0.3 is 15.2 Å². The van der Waals surface area contributed by atoms with Gasteiger partial charge in [-0.3, -0.25) is 18.7 Å². The lowest BCUT2D eigenvalue weighted by molar-refractivity contribution is -0.149. The van der Waals surface area contributed by atoms with Gasteiger partial charge in [-0.05, 0) is 37.6 Å². The van der Waals surface area contributed by atoms with Crippen molar-refractivity contribution in [2.45, 2.75) is 32.9 Å². The summed E-state index contributed by atoms with van der Waals surface area (Å²) in [6.45, 7) is 2.68. The van der Waals surface area contributed by atoms with E-state index in [4.69, 9.17) is 15.2 Å². The summed E-state index contributed by atoms with van der Waals surface area (Å²) in [5.74, 6) is -2.18. The summed E-state index contributed by atoms with van der Waals surface area (Å²) >= 11 is 0. The number of carbonyl (C=O) groups is 2. The third kappa shape index (κ3) is 4.89. The number of nitrogens with zero attached hydrogens (tertiary/aromatic N) is 2. The number of nitrogen functional groups attached to an aromatic ring is 1. The van der Waals surface area contributed by atoms with Gasteiger partial charge in [-0.2, -0.15) is 0 Å². The maximum Gasteiger partial charge on any atom is 0.347 e. The first-order chi connectivity index (χ1) is 13.7. The van der Waals surface area contributed by atoms with Crippen molar-refractivity contribution in [2.75, 3.05) is 12.3 Å². The maximum absolute atomic E-state index is 12.9. The molecule has 0 aliphatic heterocycles. The van der Waals surface area contributed by atoms with Crippen LogP contribution in [0.1, 0.15) is 30.6 Å². The van der Waals surface area contributed by atoms with Gasteiger partial charge in [-0.15, -0.1) is 0 Å². The summed E-state index contributed by atoms with van der Waals surface area (Å²) in [7, 11) is 1.23. The fraction of sp³-hybridized carbons (Fsp3) is 0.368. The Labute approximate surface area is 165 Å². The van der Waals surface area contributed by atoms with Gasteiger partial charge in [-0.25, -0.2) is 14.0 Å². The topological polar surface area (TPSA) is 123 Å². The zero-order valence-electron chi connectivity index (χ0n) is 16.3. The average Bonchev–Trinajstić information content (AvgIpc) is 2.69. The number of carbonyl (C=O) groups excluding carboxylic acids is 2. The van der Waals surface area contributed by atoms with Crippen molar-refractivity contribution in [1.29, 1.82) is 0 Å². The third-order valence-corrected chi connectivity index (χ3v) is 4.11. The van der Waals surface area contributed by atoms with Gasteiger partial charge in [0.2, 0.25) is 5.78 Å². The van der Waals surface area contributed by atoms with E-state index >= 15 is 0 Å². The van der Waals surface area contributed by atoms with Crippen molar-refractivity contribution >= 4 is 17.6 Å². The molecule has 0 bridgehead atoms. The summed E-state index contributed by atoms with van der Waals surface area (Å²) in [4.78, 5) is 49.0. The van der Waals surface area contributed by atoms with Gasteiger partial charge in [0.25, 0.3) is 5.56 Å². The number of hydrogen-bond donors (Lipinski definition) is 1. The summed E-state index contributed by atoms with van der Waals surface area (Å²) in [5.41, 5.74) is 3.94. The quantitative estimate of drug-likeness (QED) is 0.509. The van der Waals surface area contributed by atoms with Gasteiger partial charge >= 0.3 is 11.7 Å². The van der Waals surface area contributed by atoms with E-state index in [0.717, 1.165) is 9.13 Å². The summed E-state index contributed by atoms with van der Waals surface area (Å²) < 4.78 is 25.0. The minimum absolute atomic E-state index is 0.224. The number of anilines is 1. The first-order valence-electron chi connectivity index (χ1n) is 8.88. The molecule has 1 aromatic heterocycles. The van der Waals surface area contributed by atoms with Crippen molar-refractivity contribution < 1.29 is 23.5 Å². The highest BCUT2D eigenvalue weighted by molar-refractivity contribution is 6.01. The van der Waals surface area contributed by atoms with Gasteiger partial charge in [0.15, 0.2) is 12.7 Å². The molecule has 2 aromatic rings. The molecule has 10 heteroatoms. The molecule has 0 spiro atoms. The first-order valence-corrected chi connectivity index (χ1v) is 8.88. The lowest BCUT2D eigenvalue weighted by Gasteiger charge is -2.15. The van der Waals surface area contributed by atoms with E-state index in [1.165, 1.54) is 38.2 Å². The molecule has 2 rings (SSSR count). The molecule has 29 heavy (non-hydrogen) atoms. The van der Waals surface area contributed by atoms with Crippen LogP contribution >= 0.6 is 0 Å². The molecule has 1 atom stereocenters. The number of ether oxygens (including phenoxy) is 2. The number of benzene rings is 1. The lowest BCUT2D eigenvalue weighted by atomic mass is 10.2. The Morgan fingerprint density at radius 2 is 1.83 bits per heavy atom. The molecule has 9 nitrogen and oxygen atoms in total. The van der Waals surface area contributed by atoms with E-state index in [0.29, 0.717) is 6.42 Å². The smallest absolute Gasteiger partial charge is 0.347 e. The molecule has 0 saturated carbocycles. The second-order valence-electron chi connectivity index (χ2n) is 6.30. The predicted octanol–water partition coefficient (Wildman–Crippen LogP) is 0.872. The van der Waals surface area contributed by atoms with Gasteiger partial charge in [0.05, 0.1) is 0 Å². The fourth-order valence-corrected chi connectivity index (χ4v) is 2.58. The number of esters is 1. The van der Waals surface area contributed by atoms with Gasteiger partial charge in [0, 0.05) is 13.6 Å². The van der Waals surface area contributed by atoms with Crippen molar-refractivity contribution in [1.82, 2.24) is 9.13 Å². The molecule has 1 aromatic carbocycles. The van der Waals surface area contributed by atoms with Crippen LogP contribution in [-0.2, 0) is 23.1 Å². The van der Waals surface area contributed by atoms with Crippen molar-refractivity contribution in [3.63, 3.8) is 0 Å². The van der Waals surface area contributed by atoms with Crippen molar-refractivity contribution in [3.05, 3.63) is 56.5 Å². The minimum Gasteiger partial charge on any atom is -0.479 e. The summed E-state index contributed by atoms with van der Waals surface area (Å²) in [6, 6.07) is 5.01. The Kier molecular flexibility index (Phi) is 6.92. The molecular formula is C19H22FN3O6. The van der Waals surface area contributed by atoms with Crippen LogP contribution in [0.3, 0.4) is 0 Å². The number of Topliss-reactive ketones (excluding diaryl/α,β-unsaturated/α-hetero) is 1. The molecular weight excluding hydrogens is 385 g/mol. The van der Waals surface area contributed by atoms with E-state index in [9.17, 15) is 23.6 Å². The Morgan fingerprint density at radius 1 is 1.21 bits per heavy atom. The Bertz CT molecular complexity index is 1030. The lowest BCUT2D eigenvalue weighted by Crippen LogP contribution is -2.43. The minimum atomic E-state index is -1.08. The third-order valence-electron chi connectivity index (χ3n) is 4.11. The number of rotatable bonds is 8. The van der Waals surface area contributed by atoms with E-state index < -0.39 is 47.1 Å². The van der Waals surface area contributed by atoms with Gasteiger partial charge in [-0.1, -0.05) is 6.92 Å². The number of nitrogens with two attached hydrogens (primary N) is 1. The standard InChI is InChI=1S/C19H22FN3O6/c1-4-9-23-16(21)15(17(25)22(3)19(23)27)14(24)10-28-18(26)11(2)29-13-7-5-12(20)6-8-13/h5-8,11H,4,9-10,21H2,1-3H3/t11-/m1/s1. The van der Waals surface area contributed by atoms with Crippen molar-refractivity contribution in [2.24, 2.45) is 7.05 Å². The van der Waals surface area contributed by atoms with Crippen LogP contribution in [0.15, 0.2) is 33.9 Å². The van der Waals surface area contributed by atoms with Gasteiger partial charge in [0.1, 0.15) is 22.9 Å². The molecule has 0 aliphatic rings. The summed E-state index contributed by atoms with van der Waals surface area (Å²) in [6.07, 6.45) is -0.522. The first kappa shape index (κ1) is 21.9. The van der Waals surface area contributed by atoms with Crippen LogP contribution in [0.2, 0.25) is 0 Å². The second-order valence-corrected chi connectivity index (χ2v) is 6.30. The molecule has 0 unspecified atom stereocenters. The highest BCUT2D eigenvalue weighted by Crippen LogP contribution is 2.14. The highest BCUT2D eigenvalue weighted by atomic mass is 19.1. The largest absolute Gasteiger partial charge is 0.479 e. The molecule has 0 aliphatic carbocycles. The van der Waals surface area contributed by atoms with Crippen LogP contribution in [0.5, 0.6) is 5.75 Å². The number of halogens is 1. The highest BCUT2D eigenvalue weighted by Gasteiger charge is 2.24. The molecule has 0 amide bonds. The zero-order valence-corrected chi connectivity index (χ0v) is 16.3. The molecule has 1 heterocycles. The normalized spacial score (nSPS) is 11.7. The predicted molar refractivity (Wildman–Crippen MR) is 102 cm³/mol. The molecule has 2 N–H and O–H groups in total. The Hall–Kier alpha value is -3.43. The fourth-order valence-electron chi connectivity index (χ4n) is 2.58. The SMILES string of the molecule is CCCn1c(N)c(C(=O)COC(=O)[C@@H](C)Oc2ccc(F)cc2)c(=O)n(C)c1=O. The molecule has 156 valence electrons. The van der Waals surface area contributed by atoms with E-state index in [1.807, 2.05) is 6.92 Å². The molecule has 0 saturated heterocycles. The number of hydrogen-bond acceptors (Lipinski definition) is 7. The van der Waals surface area contributed by atoms with E-state index in [2.05, 4.69) is 0 Å². The second kappa shape index (κ2) is 9.18.